The Kier molecular flexibility index (Phi) is 5.99. The minimum absolute atomic E-state index is 0.162. The molecule has 3 rings (SSSR count). The molecular weight excluding hydrogens is 331 g/mol. The second-order valence-electron chi connectivity index (χ2n) is 6.94. The van der Waals surface area contributed by atoms with Crippen LogP contribution in [0.2, 0.25) is 0 Å². The molecule has 2 aromatic rings. The number of halogens is 1. The first-order valence-corrected chi connectivity index (χ1v) is 9.14. The molecule has 1 aliphatic rings. The summed E-state index contributed by atoms with van der Waals surface area (Å²) in [6.45, 7) is 4.63. The van der Waals surface area contributed by atoms with Gasteiger partial charge in [0.05, 0.1) is 12.0 Å². The summed E-state index contributed by atoms with van der Waals surface area (Å²) < 4.78 is 18.9. The van der Waals surface area contributed by atoms with Crippen LogP contribution in [0, 0.1) is 11.2 Å². The molecule has 1 aliphatic heterocycles. The van der Waals surface area contributed by atoms with Crippen LogP contribution in [0.4, 0.5) is 4.39 Å². The summed E-state index contributed by atoms with van der Waals surface area (Å²) in [4.78, 5) is 19.2. The number of piperidine rings is 1. The van der Waals surface area contributed by atoms with Gasteiger partial charge in [0, 0.05) is 18.9 Å². The highest BCUT2D eigenvalue weighted by Gasteiger charge is 2.42. The number of carbonyl (C=O) groups excluding carboxylic acids is 1. The maximum atomic E-state index is 13.6. The average Bonchev–Trinajstić information content (AvgIpc) is 2.64. The summed E-state index contributed by atoms with van der Waals surface area (Å²) in [6.07, 6.45) is 5.58. The van der Waals surface area contributed by atoms with E-state index in [0.717, 1.165) is 25.2 Å². The van der Waals surface area contributed by atoms with Crippen LogP contribution in [-0.4, -0.2) is 35.5 Å². The van der Waals surface area contributed by atoms with Crippen LogP contribution in [0.5, 0.6) is 0 Å². The van der Waals surface area contributed by atoms with Crippen molar-refractivity contribution in [3.63, 3.8) is 0 Å². The second kappa shape index (κ2) is 8.41. The number of benzene rings is 1. The van der Waals surface area contributed by atoms with Crippen molar-refractivity contribution in [2.45, 2.75) is 32.7 Å². The SMILES string of the molecule is CCOC(=O)C1(Cc2cccc(F)c2)CCN(Cc2cccnc2)CC1. The number of carbonyl (C=O) groups is 1. The molecule has 1 aromatic carbocycles. The molecule has 0 bridgehead atoms. The number of pyridine rings is 1. The van der Waals surface area contributed by atoms with Crippen LogP contribution in [-0.2, 0) is 22.5 Å². The molecule has 0 N–H and O–H groups in total. The third-order valence-corrected chi connectivity index (χ3v) is 5.08. The topological polar surface area (TPSA) is 42.4 Å². The quantitative estimate of drug-likeness (QED) is 0.742. The number of hydrogen-bond donors (Lipinski definition) is 0. The van der Waals surface area contributed by atoms with E-state index < -0.39 is 5.41 Å². The lowest BCUT2D eigenvalue weighted by atomic mass is 9.73. The largest absolute Gasteiger partial charge is 0.466 e. The predicted molar refractivity (Wildman–Crippen MR) is 97.9 cm³/mol. The number of hydrogen-bond acceptors (Lipinski definition) is 4. The van der Waals surface area contributed by atoms with Crippen molar-refractivity contribution >= 4 is 5.97 Å². The lowest BCUT2D eigenvalue weighted by Crippen LogP contribution is -2.46. The van der Waals surface area contributed by atoms with E-state index in [1.54, 1.807) is 12.3 Å². The lowest BCUT2D eigenvalue weighted by Gasteiger charge is -2.40. The monoisotopic (exact) mass is 356 g/mol. The van der Waals surface area contributed by atoms with Crippen molar-refractivity contribution in [1.29, 1.82) is 0 Å². The van der Waals surface area contributed by atoms with E-state index in [1.165, 1.54) is 17.7 Å². The molecule has 0 atom stereocenters. The van der Waals surface area contributed by atoms with Gasteiger partial charge in [-0.15, -0.1) is 0 Å². The van der Waals surface area contributed by atoms with Crippen molar-refractivity contribution in [3.8, 4) is 0 Å². The van der Waals surface area contributed by atoms with E-state index in [0.29, 0.717) is 25.9 Å². The highest BCUT2D eigenvalue weighted by molar-refractivity contribution is 5.77. The van der Waals surface area contributed by atoms with Gasteiger partial charge in [-0.05, 0) is 68.6 Å². The van der Waals surface area contributed by atoms with E-state index in [2.05, 4.69) is 16.0 Å². The van der Waals surface area contributed by atoms with Crippen LogP contribution in [0.15, 0.2) is 48.8 Å². The van der Waals surface area contributed by atoms with Crippen molar-refractivity contribution < 1.29 is 13.9 Å². The Morgan fingerprint density at radius 2 is 2.00 bits per heavy atom. The molecule has 1 aromatic heterocycles. The Morgan fingerprint density at radius 3 is 2.65 bits per heavy atom. The second-order valence-corrected chi connectivity index (χ2v) is 6.94. The molecule has 1 fully saturated rings. The average molecular weight is 356 g/mol. The first-order chi connectivity index (χ1) is 12.6. The van der Waals surface area contributed by atoms with Gasteiger partial charge in [-0.2, -0.15) is 0 Å². The maximum Gasteiger partial charge on any atom is 0.312 e. The minimum atomic E-state index is -0.574. The van der Waals surface area contributed by atoms with Crippen molar-refractivity contribution in [3.05, 3.63) is 65.7 Å². The lowest BCUT2D eigenvalue weighted by molar-refractivity contribution is -0.158. The van der Waals surface area contributed by atoms with Gasteiger partial charge in [-0.3, -0.25) is 14.7 Å². The third-order valence-electron chi connectivity index (χ3n) is 5.08. The molecule has 0 radical (unpaired) electrons. The zero-order chi connectivity index (χ0) is 18.4. The zero-order valence-electron chi connectivity index (χ0n) is 15.2. The van der Waals surface area contributed by atoms with E-state index >= 15 is 0 Å². The smallest absolute Gasteiger partial charge is 0.312 e. The fraction of sp³-hybridized carbons (Fsp3) is 0.429. The first kappa shape index (κ1) is 18.5. The van der Waals surface area contributed by atoms with Gasteiger partial charge in [0.1, 0.15) is 5.82 Å². The molecule has 0 unspecified atom stereocenters. The Morgan fingerprint density at radius 1 is 1.23 bits per heavy atom. The van der Waals surface area contributed by atoms with Crippen molar-refractivity contribution in [2.24, 2.45) is 5.41 Å². The highest BCUT2D eigenvalue weighted by atomic mass is 19.1. The summed E-state index contributed by atoms with van der Waals surface area (Å²) >= 11 is 0. The number of nitrogens with zero attached hydrogens (tertiary/aromatic N) is 2. The number of aromatic nitrogens is 1. The Labute approximate surface area is 154 Å². The van der Waals surface area contributed by atoms with Crippen LogP contribution in [0.3, 0.4) is 0 Å². The van der Waals surface area contributed by atoms with E-state index in [-0.39, 0.29) is 11.8 Å². The Hall–Kier alpha value is -2.27. The molecule has 0 aliphatic carbocycles. The summed E-state index contributed by atoms with van der Waals surface area (Å²) in [6, 6.07) is 10.5. The van der Waals surface area contributed by atoms with E-state index in [9.17, 15) is 9.18 Å². The number of ether oxygens (including phenoxy) is 1. The van der Waals surface area contributed by atoms with Crippen molar-refractivity contribution in [1.82, 2.24) is 9.88 Å². The van der Waals surface area contributed by atoms with E-state index in [4.69, 9.17) is 4.74 Å². The van der Waals surface area contributed by atoms with Crippen LogP contribution in [0.1, 0.15) is 30.9 Å². The summed E-state index contributed by atoms with van der Waals surface area (Å²) in [5, 5.41) is 0. The summed E-state index contributed by atoms with van der Waals surface area (Å²) in [5.41, 5.74) is 1.44. The first-order valence-electron chi connectivity index (χ1n) is 9.14. The Bertz CT molecular complexity index is 728. The Balaban J connectivity index is 1.71. The summed E-state index contributed by atoms with van der Waals surface area (Å²) in [7, 11) is 0. The van der Waals surface area contributed by atoms with Crippen molar-refractivity contribution in [2.75, 3.05) is 19.7 Å². The number of likely N-dealkylation sites (tertiary alicyclic amines) is 1. The van der Waals surface area contributed by atoms with Gasteiger partial charge in [-0.1, -0.05) is 18.2 Å². The molecule has 0 saturated carbocycles. The minimum Gasteiger partial charge on any atom is -0.466 e. The molecule has 138 valence electrons. The normalized spacial score (nSPS) is 17.0. The van der Waals surface area contributed by atoms with Gasteiger partial charge in [-0.25, -0.2) is 4.39 Å². The van der Waals surface area contributed by atoms with Crippen LogP contribution >= 0.6 is 0 Å². The van der Waals surface area contributed by atoms with Gasteiger partial charge in [0.15, 0.2) is 0 Å². The van der Waals surface area contributed by atoms with Crippen LogP contribution < -0.4 is 0 Å². The fourth-order valence-electron chi connectivity index (χ4n) is 3.66. The van der Waals surface area contributed by atoms with Crippen LogP contribution in [0.25, 0.3) is 0 Å². The maximum absolute atomic E-state index is 13.6. The molecule has 4 nitrogen and oxygen atoms in total. The zero-order valence-corrected chi connectivity index (χ0v) is 15.2. The van der Waals surface area contributed by atoms with E-state index in [1.807, 2.05) is 25.3 Å². The third kappa shape index (κ3) is 4.47. The van der Waals surface area contributed by atoms with Gasteiger partial charge in [0.2, 0.25) is 0 Å². The fourth-order valence-corrected chi connectivity index (χ4v) is 3.66. The molecule has 1 saturated heterocycles. The molecule has 2 heterocycles. The summed E-state index contributed by atoms with van der Waals surface area (Å²) in [5.74, 6) is -0.430. The molecule has 0 amide bonds. The number of rotatable bonds is 6. The highest BCUT2D eigenvalue weighted by Crippen LogP contribution is 2.37. The van der Waals surface area contributed by atoms with Gasteiger partial charge < -0.3 is 4.74 Å². The van der Waals surface area contributed by atoms with Gasteiger partial charge >= 0.3 is 5.97 Å². The number of esters is 1. The molecule has 26 heavy (non-hydrogen) atoms. The molecule has 5 heteroatoms. The van der Waals surface area contributed by atoms with Gasteiger partial charge in [0.25, 0.3) is 0 Å². The predicted octanol–water partition coefficient (Wildman–Crippen LogP) is 3.61. The molecular formula is C21H25FN2O2. The standard InChI is InChI=1S/C21H25FN2O2/c1-2-26-20(25)21(14-17-5-3-7-19(22)13-17)8-11-24(12-9-21)16-18-6-4-10-23-15-18/h3-7,10,13,15H,2,8-9,11-12,14,16H2,1H3. The molecule has 0 spiro atoms.